The summed E-state index contributed by atoms with van der Waals surface area (Å²) in [7, 11) is 8.39. The van der Waals surface area contributed by atoms with E-state index in [0.717, 1.165) is 65.4 Å². The molecule has 0 aliphatic carbocycles. The molecule has 0 aromatic heterocycles. The van der Waals surface area contributed by atoms with E-state index in [1.807, 2.05) is 0 Å². The summed E-state index contributed by atoms with van der Waals surface area (Å²) in [5.41, 5.74) is 0. The van der Waals surface area contributed by atoms with E-state index in [0.29, 0.717) is 5.78 Å². The standard InChI is InChI=1S/C17H36N6O/c1-20(2)9-11-22-7-5-18-15(13-22)17(24)16-14-23(8-6-19-16)12-10-21(3)4/h15-16,18-19H,5-14H2,1-4H3. The van der Waals surface area contributed by atoms with Gasteiger partial charge in [0, 0.05) is 65.4 Å². The van der Waals surface area contributed by atoms with Gasteiger partial charge in [-0.15, -0.1) is 0 Å². The van der Waals surface area contributed by atoms with E-state index >= 15 is 0 Å². The van der Waals surface area contributed by atoms with Crippen molar-refractivity contribution in [1.82, 2.24) is 30.2 Å². The molecule has 0 saturated carbocycles. The molecule has 24 heavy (non-hydrogen) atoms. The number of nitrogens with one attached hydrogen (secondary N) is 2. The number of hydrogen-bond acceptors (Lipinski definition) is 7. The van der Waals surface area contributed by atoms with Gasteiger partial charge in [0.05, 0.1) is 12.1 Å². The molecule has 2 rings (SSSR count). The van der Waals surface area contributed by atoms with Crippen molar-refractivity contribution in [2.75, 3.05) is 93.6 Å². The van der Waals surface area contributed by atoms with E-state index in [9.17, 15) is 4.79 Å². The summed E-state index contributed by atoms with van der Waals surface area (Å²) in [6, 6.07) is -0.0700. The Morgan fingerprint density at radius 3 is 1.67 bits per heavy atom. The Balaban J connectivity index is 1.81. The van der Waals surface area contributed by atoms with Gasteiger partial charge in [-0.25, -0.2) is 0 Å². The highest BCUT2D eigenvalue weighted by molar-refractivity contribution is 5.89. The first-order valence-corrected chi connectivity index (χ1v) is 9.20. The lowest BCUT2D eigenvalue weighted by Crippen LogP contribution is -2.63. The lowest BCUT2D eigenvalue weighted by Gasteiger charge is -2.38. The first-order valence-electron chi connectivity index (χ1n) is 9.20. The number of hydrogen-bond donors (Lipinski definition) is 2. The molecule has 140 valence electrons. The summed E-state index contributed by atoms with van der Waals surface area (Å²) in [6.07, 6.45) is 0. The third-order valence-corrected chi connectivity index (χ3v) is 4.93. The molecule has 2 heterocycles. The van der Waals surface area contributed by atoms with Crippen LogP contribution in [-0.2, 0) is 4.79 Å². The van der Waals surface area contributed by atoms with E-state index in [2.05, 4.69) is 58.4 Å². The minimum atomic E-state index is -0.0350. The van der Waals surface area contributed by atoms with Gasteiger partial charge in [-0.2, -0.15) is 0 Å². The number of ketones is 1. The summed E-state index contributed by atoms with van der Waals surface area (Å²) >= 11 is 0. The maximum atomic E-state index is 12.9. The Bertz CT molecular complexity index is 355. The predicted molar refractivity (Wildman–Crippen MR) is 98.6 cm³/mol. The third-order valence-electron chi connectivity index (χ3n) is 4.93. The third kappa shape index (κ3) is 6.38. The highest BCUT2D eigenvalue weighted by Crippen LogP contribution is 2.07. The van der Waals surface area contributed by atoms with Gasteiger partial charge in [0.2, 0.25) is 0 Å². The molecule has 7 nitrogen and oxygen atoms in total. The summed E-state index contributed by atoms with van der Waals surface area (Å²) < 4.78 is 0. The number of Topliss-reactive ketones (excluding diaryl/α,β-unsaturated/α-hetero) is 1. The zero-order chi connectivity index (χ0) is 17.5. The van der Waals surface area contributed by atoms with Crippen LogP contribution in [0.15, 0.2) is 0 Å². The smallest absolute Gasteiger partial charge is 0.169 e. The average Bonchev–Trinajstić information content (AvgIpc) is 2.58. The van der Waals surface area contributed by atoms with Gasteiger partial charge in [-0.1, -0.05) is 0 Å². The van der Waals surface area contributed by atoms with Gasteiger partial charge in [0.1, 0.15) is 0 Å². The highest BCUT2D eigenvalue weighted by atomic mass is 16.1. The van der Waals surface area contributed by atoms with Gasteiger partial charge >= 0.3 is 0 Å². The second-order valence-corrected chi connectivity index (χ2v) is 7.62. The summed E-state index contributed by atoms with van der Waals surface area (Å²) in [5, 5.41) is 6.85. The molecule has 2 fully saturated rings. The molecule has 0 spiro atoms. The Kier molecular flexibility index (Phi) is 8.06. The zero-order valence-corrected chi connectivity index (χ0v) is 15.9. The van der Waals surface area contributed by atoms with Gasteiger partial charge < -0.3 is 20.4 Å². The van der Waals surface area contributed by atoms with E-state index < -0.39 is 0 Å². The molecule has 7 heteroatoms. The van der Waals surface area contributed by atoms with E-state index in [-0.39, 0.29) is 12.1 Å². The number of likely N-dealkylation sites (N-methyl/N-ethyl adjacent to an activating group) is 2. The quantitative estimate of drug-likeness (QED) is 0.542. The van der Waals surface area contributed by atoms with Crippen LogP contribution in [0, 0.1) is 0 Å². The summed E-state index contributed by atoms with van der Waals surface area (Å²) in [4.78, 5) is 22.1. The van der Waals surface area contributed by atoms with Gasteiger partial charge in [-0.3, -0.25) is 14.6 Å². The van der Waals surface area contributed by atoms with Crippen LogP contribution in [0.2, 0.25) is 0 Å². The van der Waals surface area contributed by atoms with Crippen molar-refractivity contribution in [2.45, 2.75) is 12.1 Å². The van der Waals surface area contributed by atoms with Crippen LogP contribution in [0.5, 0.6) is 0 Å². The van der Waals surface area contributed by atoms with E-state index in [1.165, 1.54) is 0 Å². The molecule has 0 aromatic rings. The topological polar surface area (TPSA) is 54.1 Å². The number of carbonyl (C=O) groups is 1. The normalized spacial score (nSPS) is 27.1. The lowest BCUT2D eigenvalue weighted by atomic mass is 10.0. The summed E-state index contributed by atoms with van der Waals surface area (Å²) in [5.74, 6) is 0.333. The van der Waals surface area contributed by atoms with E-state index in [1.54, 1.807) is 0 Å². The molecule has 2 atom stereocenters. The molecule has 2 aliphatic rings. The zero-order valence-electron chi connectivity index (χ0n) is 15.9. The molecule has 0 amide bonds. The van der Waals surface area contributed by atoms with Gasteiger partial charge in [0.25, 0.3) is 0 Å². The fraction of sp³-hybridized carbons (Fsp3) is 0.941. The van der Waals surface area contributed by atoms with Crippen LogP contribution in [0.1, 0.15) is 0 Å². The van der Waals surface area contributed by atoms with Gasteiger partial charge in [0.15, 0.2) is 5.78 Å². The molecule has 2 unspecified atom stereocenters. The fourth-order valence-corrected chi connectivity index (χ4v) is 3.33. The lowest BCUT2D eigenvalue weighted by molar-refractivity contribution is -0.125. The van der Waals surface area contributed by atoms with Crippen molar-refractivity contribution in [3.8, 4) is 0 Å². The Labute approximate surface area is 147 Å². The largest absolute Gasteiger partial charge is 0.308 e. The number of carbonyl (C=O) groups excluding carboxylic acids is 1. The summed E-state index contributed by atoms with van der Waals surface area (Å²) in [6.45, 7) is 9.70. The number of piperazine rings is 2. The molecule has 0 bridgehead atoms. The van der Waals surface area contributed by atoms with Crippen molar-refractivity contribution in [1.29, 1.82) is 0 Å². The van der Waals surface area contributed by atoms with Crippen LogP contribution in [0.3, 0.4) is 0 Å². The number of rotatable bonds is 8. The first kappa shape index (κ1) is 19.8. The van der Waals surface area contributed by atoms with Crippen LogP contribution in [0.4, 0.5) is 0 Å². The molecule has 2 aliphatic heterocycles. The SMILES string of the molecule is CN(C)CCN1CCNC(C(=O)C2CN(CCN(C)C)CCN2)C1. The van der Waals surface area contributed by atoms with E-state index in [4.69, 9.17) is 0 Å². The van der Waals surface area contributed by atoms with Gasteiger partial charge in [-0.05, 0) is 28.2 Å². The van der Waals surface area contributed by atoms with Crippen molar-refractivity contribution in [3.63, 3.8) is 0 Å². The monoisotopic (exact) mass is 340 g/mol. The Hall–Kier alpha value is -0.570. The molecular formula is C17H36N6O. The van der Waals surface area contributed by atoms with Crippen LogP contribution in [0.25, 0.3) is 0 Å². The second kappa shape index (κ2) is 9.79. The molecule has 2 saturated heterocycles. The number of nitrogens with zero attached hydrogens (tertiary/aromatic N) is 4. The maximum absolute atomic E-state index is 12.9. The minimum Gasteiger partial charge on any atom is -0.308 e. The first-order chi connectivity index (χ1) is 11.5. The highest BCUT2D eigenvalue weighted by Gasteiger charge is 2.32. The Morgan fingerprint density at radius 2 is 1.29 bits per heavy atom. The molecular weight excluding hydrogens is 304 g/mol. The fourth-order valence-electron chi connectivity index (χ4n) is 3.33. The Morgan fingerprint density at radius 1 is 0.875 bits per heavy atom. The van der Waals surface area contributed by atoms with Crippen LogP contribution < -0.4 is 10.6 Å². The molecule has 0 radical (unpaired) electrons. The van der Waals surface area contributed by atoms with Crippen LogP contribution >= 0.6 is 0 Å². The molecule has 2 N–H and O–H groups in total. The van der Waals surface area contributed by atoms with Crippen molar-refractivity contribution < 1.29 is 4.79 Å². The minimum absolute atomic E-state index is 0.0350. The second-order valence-electron chi connectivity index (χ2n) is 7.62. The van der Waals surface area contributed by atoms with Crippen molar-refractivity contribution in [3.05, 3.63) is 0 Å². The van der Waals surface area contributed by atoms with Crippen molar-refractivity contribution in [2.24, 2.45) is 0 Å². The van der Waals surface area contributed by atoms with Crippen LogP contribution in [-0.4, -0.2) is 131 Å². The maximum Gasteiger partial charge on any atom is 0.169 e. The molecule has 0 aromatic carbocycles. The average molecular weight is 341 g/mol. The van der Waals surface area contributed by atoms with Crippen molar-refractivity contribution >= 4 is 5.78 Å². The predicted octanol–water partition coefficient (Wildman–Crippen LogP) is -1.77.